The maximum absolute atomic E-state index is 9.16. The lowest BCUT2D eigenvalue weighted by Gasteiger charge is -2.06. The second-order valence-electron chi connectivity index (χ2n) is 2.86. The van der Waals surface area contributed by atoms with Crippen LogP contribution in [0.15, 0.2) is 36.4 Å². The van der Waals surface area contributed by atoms with E-state index >= 15 is 0 Å². The molecule has 13 heavy (non-hydrogen) atoms. The molecule has 0 fully saturated rings. The van der Waals surface area contributed by atoms with Crippen molar-refractivity contribution in [2.45, 2.75) is 0 Å². The van der Waals surface area contributed by atoms with Crippen LogP contribution in [0, 0.1) is 0 Å². The normalized spacial score (nSPS) is 11.5. The molecule has 2 nitrogen and oxygen atoms in total. The van der Waals surface area contributed by atoms with Crippen molar-refractivity contribution in [1.82, 2.24) is 0 Å². The summed E-state index contributed by atoms with van der Waals surface area (Å²) in [6, 6.07) is 11.7. The van der Waals surface area contributed by atoms with Crippen LogP contribution in [0.2, 0.25) is 0 Å². The fourth-order valence-corrected chi connectivity index (χ4v) is 1.97. The Morgan fingerprint density at radius 1 is 1.08 bits per heavy atom. The van der Waals surface area contributed by atoms with Gasteiger partial charge in [-0.3, -0.25) is 0 Å². The number of fused-ring (bicyclic) bond motifs is 1. The van der Waals surface area contributed by atoms with E-state index in [-0.39, 0.29) is 8.81 Å². The highest BCUT2D eigenvalue weighted by molar-refractivity contribution is 7.42. The maximum Gasteiger partial charge on any atom is 0.0447 e. The predicted octanol–water partition coefficient (Wildman–Crippen LogP) is 1.63. The standard InChI is InChI=1S/C10H10NOP/c11-9-6-5-7-3-1-2-4-8(7)10(9)13-12/h1-6,12-13H,11H2. The summed E-state index contributed by atoms with van der Waals surface area (Å²) in [5.74, 6) is 0. The highest BCUT2D eigenvalue weighted by Crippen LogP contribution is 2.21. The van der Waals surface area contributed by atoms with Gasteiger partial charge in [0, 0.05) is 19.8 Å². The highest BCUT2D eigenvalue weighted by atomic mass is 31.1. The van der Waals surface area contributed by atoms with E-state index in [1.165, 1.54) is 0 Å². The largest absolute Gasteiger partial charge is 0.398 e. The van der Waals surface area contributed by atoms with Gasteiger partial charge in [0.25, 0.3) is 0 Å². The van der Waals surface area contributed by atoms with E-state index in [9.17, 15) is 0 Å². The molecule has 3 heteroatoms. The van der Waals surface area contributed by atoms with Gasteiger partial charge in [0.1, 0.15) is 0 Å². The van der Waals surface area contributed by atoms with Crippen LogP contribution in [0.3, 0.4) is 0 Å². The van der Waals surface area contributed by atoms with Crippen molar-refractivity contribution in [3.63, 3.8) is 0 Å². The van der Waals surface area contributed by atoms with E-state index in [1.54, 1.807) is 0 Å². The number of benzene rings is 2. The van der Waals surface area contributed by atoms with Crippen molar-refractivity contribution in [1.29, 1.82) is 0 Å². The first-order valence-corrected chi connectivity index (χ1v) is 4.95. The second kappa shape index (κ2) is 3.33. The summed E-state index contributed by atoms with van der Waals surface area (Å²) in [7, 11) is -0.242. The zero-order chi connectivity index (χ0) is 9.26. The molecule has 0 aliphatic heterocycles. The Hall–Kier alpha value is -1.11. The van der Waals surface area contributed by atoms with Gasteiger partial charge in [-0.25, -0.2) is 0 Å². The molecule has 2 rings (SSSR count). The molecule has 0 aliphatic carbocycles. The Morgan fingerprint density at radius 2 is 1.85 bits per heavy atom. The molecule has 2 aromatic rings. The lowest BCUT2D eigenvalue weighted by molar-refractivity contribution is 0.655. The third kappa shape index (κ3) is 1.39. The monoisotopic (exact) mass is 191 g/mol. The van der Waals surface area contributed by atoms with Crippen LogP contribution >= 0.6 is 8.81 Å². The fourth-order valence-electron chi connectivity index (χ4n) is 1.41. The molecule has 0 aromatic heterocycles. The number of nitrogens with two attached hydrogens (primary N) is 1. The Labute approximate surface area is 78.2 Å². The van der Waals surface area contributed by atoms with Crippen molar-refractivity contribution in [3.05, 3.63) is 36.4 Å². The number of anilines is 1. The minimum absolute atomic E-state index is 0.242. The number of rotatable bonds is 1. The molecule has 0 saturated heterocycles. The predicted molar refractivity (Wildman–Crippen MR) is 58.5 cm³/mol. The molecular formula is C10H10NOP. The number of nitrogen functional groups attached to an aromatic ring is 1. The first kappa shape index (κ1) is 8.49. The van der Waals surface area contributed by atoms with E-state index in [0.29, 0.717) is 5.69 Å². The number of hydrogen-bond acceptors (Lipinski definition) is 2. The van der Waals surface area contributed by atoms with Crippen LogP contribution in [0.4, 0.5) is 5.69 Å². The van der Waals surface area contributed by atoms with Gasteiger partial charge in [0.05, 0.1) is 0 Å². The first-order chi connectivity index (χ1) is 6.33. The molecule has 2 aromatic carbocycles. The average molecular weight is 191 g/mol. The van der Waals surface area contributed by atoms with Crippen molar-refractivity contribution in [3.8, 4) is 0 Å². The zero-order valence-corrected chi connectivity index (χ0v) is 7.99. The molecule has 66 valence electrons. The second-order valence-corrected chi connectivity index (χ2v) is 3.59. The molecule has 1 unspecified atom stereocenters. The van der Waals surface area contributed by atoms with Gasteiger partial charge >= 0.3 is 0 Å². The van der Waals surface area contributed by atoms with E-state index in [2.05, 4.69) is 0 Å². The summed E-state index contributed by atoms with van der Waals surface area (Å²) >= 11 is 0. The summed E-state index contributed by atoms with van der Waals surface area (Å²) in [5.41, 5.74) is 6.41. The van der Waals surface area contributed by atoms with Crippen LogP contribution in [0.25, 0.3) is 10.8 Å². The molecule has 0 radical (unpaired) electrons. The molecular weight excluding hydrogens is 181 g/mol. The molecule has 1 atom stereocenters. The van der Waals surface area contributed by atoms with E-state index < -0.39 is 0 Å². The summed E-state index contributed by atoms with van der Waals surface area (Å²) in [6.07, 6.45) is 0. The SMILES string of the molecule is Nc1ccc2ccccc2c1PO. The molecule has 0 heterocycles. The van der Waals surface area contributed by atoms with Crippen LogP contribution in [0.1, 0.15) is 0 Å². The van der Waals surface area contributed by atoms with Gasteiger partial charge in [0.2, 0.25) is 0 Å². The van der Waals surface area contributed by atoms with Crippen LogP contribution < -0.4 is 11.0 Å². The van der Waals surface area contributed by atoms with Gasteiger partial charge in [-0.1, -0.05) is 30.3 Å². The van der Waals surface area contributed by atoms with Crippen LogP contribution in [0.5, 0.6) is 0 Å². The van der Waals surface area contributed by atoms with Gasteiger partial charge < -0.3 is 10.6 Å². The average Bonchev–Trinajstić information content (AvgIpc) is 2.18. The summed E-state index contributed by atoms with van der Waals surface area (Å²) in [4.78, 5) is 9.16. The highest BCUT2D eigenvalue weighted by Gasteiger charge is 2.02. The van der Waals surface area contributed by atoms with E-state index in [4.69, 9.17) is 10.6 Å². The Bertz CT molecular complexity index is 442. The first-order valence-electron chi connectivity index (χ1n) is 4.00. The fraction of sp³-hybridized carbons (Fsp3) is 0. The van der Waals surface area contributed by atoms with Gasteiger partial charge in [-0.05, 0) is 16.8 Å². The summed E-state index contributed by atoms with van der Waals surface area (Å²) in [5, 5.41) is 3.01. The van der Waals surface area contributed by atoms with Crippen molar-refractivity contribution < 1.29 is 4.89 Å². The van der Waals surface area contributed by atoms with Gasteiger partial charge in [0.15, 0.2) is 0 Å². The lowest BCUT2D eigenvalue weighted by atomic mass is 10.1. The van der Waals surface area contributed by atoms with Gasteiger partial charge in [-0.2, -0.15) is 0 Å². The third-order valence-electron chi connectivity index (χ3n) is 2.07. The van der Waals surface area contributed by atoms with Crippen LogP contribution in [-0.4, -0.2) is 4.89 Å². The molecule has 0 aliphatic rings. The third-order valence-corrected chi connectivity index (χ3v) is 2.85. The number of hydrogen-bond donors (Lipinski definition) is 2. The maximum atomic E-state index is 9.16. The van der Waals surface area contributed by atoms with Crippen molar-refractivity contribution in [2.24, 2.45) is 0 Å². The minimum Gasteiger partial charge on any atom is -0.398 e. The minimum atomic E-state index is -0.242. The summed E-state index contributed by atoms with van der Waals surface area (Å²) in [6.45, 7) is 0. The summed E-state index contributed by atoms with van der Waals surface area (Å²) < 4.78 is 0. The van der Waals surface area contributed by atoms with E-state index in [0.717, 1.165) is 16.1 Å². The smallest absolute Gasteiger partial charge is 0.0447 e. The molecule has 3 N–H and O–H groups in total. The molecule has 0 bridgehead atoms. The molecule has 0 saturated carbocycles. The molecule has 0 spiro atoms. The van der Waals surface area contributed by atoms with Gasteiger partial charge in [-0.15, -0.1) is 0 Å². The van der Waals surface area contributed by atoms with E-state index in [1.807, 2.05) is 36.4 Å². The topological polar surface area (TPSA) is 46.2 Å². The Morgan fingerprint density at radius 3 is 2.62 bits per heavy atom. The lowest BCUT2D eigenvalue weighted by Crippen LogP contribution is -2.04. The van der Waals surface area contributed by atoms with Crippen LogP contribution in [-0.2, 0) is 0 Å². The quantitative estimate of drug-likeness (QED) is 0.531. The Kier molecular flexibility index (Phi) is 2.17. The van der Waals surface area contributed by atoms with Crippen molar-refractivity contribution in [2.75, 3.05) is 5.73 Å². The Balaban J connectivity index is 2.84. The van der Waals surface area contributed by atoms with Crippen molar-refractivity contribution >= 4 is 30.6 Å². The zero-order valence-electron chi connectivity index (χ0n) is 6.99. The molecule has 0 amide bonds.